The summed E-state index contributed by atoms with van der Waals surface area (Å²) in [7, 11) is -3.37. The van der Waals surface area contributed by atoms with E-state index < -0.39 is 10.0 Å². The Kier molecular flexibility index (Phi) is 5.07. The fraction of sp³-hybridized carbons (Fsp3) is 0.571. The Labute approximate surface area is 126 Å². The van der Waals surface area contributed by atoms with Gasteiger partial charge in [-0.15, -0.1) is 11.6 Å². The molecule has 1 fully saturated rings. The zero-order chi connectivity index (χ0) is 14.8. The van der Waals surface area contributed by atoms with E-state index in [-0.39, 0.29) is 0 Å². The van der Waals surface area contributed by atoms with Crippen molar-refractivity contribution in [2.24, 2.45) is 0 Å². The van der Waals surface area contributed by atoms with Crippen LogP contribution in [0.15, 0.2) is 23.1 Å². The van der Waals surface area contributed by atoms with Crippen LogP contribution in [0.3, 0.4) is 0 Å². The van der Waals surface area contributed by atoms with Gasteiger partial charge in [-0.2, -0.15) is 4.31 Å². The largest absolute Gasteiger partial charge is 0.300 e. The van der Waals surface area contributed by atoms with Gasteiger partial charge >= 0.3 is 0 Å². The van der Waals surface area contributed by atoms with Gasteiger partial charge in [0.05, 0.1) is 4.90 Å². The third-order valence-electron chi connectivity index (χ3n) is 3.85. The van der Waals surface area contributed by atoms with Gasteiger partial charge in [-0.1, -0.05) is 6.07 Å². The van der Waals surface area contributed by atoms with Crippen LogP contribution in [0, 0.1) is 13.8 Å². The molecule has 0 spiro atoms. The summed E-state index contributed by atoms with van der Waals surface area (Å²) in [6, 6.07) is 5.32. The number of alkyl halides is 1. The molecule has 1 aliphatic rings. The molecule has 112 valence electrons. The molecule has 1 saturated heterocycles. The lowest BCUT2D eigenvalue weighted by atomic mass is 10.1. The predicted octanol–water partition coefficient (Wildman–Crippen LogP) is 1.85. The summed E-state index contributed by atoms with van der Waals surface area (Å²) >= 11 is 5.72. The molecule has 0 saturated carbocycles. The molecule has 1 aromatic carbocycles. The topological polar surface area (TPSA) is 40.6 Å². The van der Waals surface area contributed by atoms with Gasteiger partial charge in [0.25, 0.3) is 0 Å². The molecule has 0 N–H and O–H groups in total. The van der Waals surface area contributed by atoms with Crippen molar-refractivity contribution in [3.05, 3.63) is 29.3 Å². The second kappa shape index (κ2) is 6.43. The Morgan fingerprint density at radius 1 is 1.10 bits per heavy atom. The smallest absolute Gasteiger partial charge is 0.243 e. The van der Waals surface area contributed by atoms with Crippen molar-refractivity contribution in [3.63, 3.8) is 0 Å². The molecule has 0 bridgehead atoms. The summed E-state index contributed by atoms with van der Waals surface area (Å²) in [4.78, 5) is 2.59. The molecule has 0 amide bonds. The Hall–Kier alpha value is -0.620. The monoisotopic (exact) mass is 316 g/mol. The van der Waals surface area contributed by atoms with Gasteiger partial charge in [-0.05, 0) is 37.1 Å². The van der Waals surface area contributed by atoms with Crippen LogP contribution in [0.1, 0.15) is 11.1 Å². The van der Waals surface area contributed by atoms with Crippen molar-refractivity contribution < 1.29 is 8.42 Å². The van der Waals surface area contributed by atoms with Crippen molar-refractivity contribution >= 4 is 21.6 Å². The zero-order valence-corrected chi connectivity index (χ0v) is 13.5. The fourth-order valence-electron chi connectivity index (χ4n) is 2.34. The van der Waals surface area contributed by atoms with Gasteiger partial charge in [-0.3, -0.25) is 4.90 Å². The predicted molar refractivity (Wildman–Crippen MR) is 81.8 cm³/mol. The number of hydrogen-bond acceptors (Lipinski definition) is 3. The maximum atomic E-state index is 12.6. The van der Waals surface area contributed by atoms with Gasteiger partial charge in [0.15, 0.2) is 0 Å². The van der Waals surface area contributed by atoms with E-state index >= 15 is 0 Å². The average Bonchev–Trinajstić information content (AvgIpc) is 2.43. The van der Waals surface area contributed by atoms with E-state index in [2.05, 4.69) is 4.90 Å². The van der Waals surface area contributed by atoms with E-state index in [0.717, 1.165) is 30.8 Å². The van der Waals surface area contributed by atoms with Crippen LogP contribution in [0.4, 0.5) is 0 Å². The lowest BCUT2D eigenvalue weighted by Crippen LogP contribution is -2.48. The minimum absolute atomic E-state index is 0.395. The van der Waals surface area contributed by atoms with Crippen molar-refractivity contribution in [1.29, 1.82) is 0 Å². The van der Waals surface area contributed by atoms with Gasteiger partial charge in [0.2, 0.25) is 10.0 Å². The number of nitrogens with zero attached hydrogens (tertiary/aromatic N) is 2. The third kappa shape index (κ3) is 3.34. The second-order valence-electron chi connectivity index (χ2n) is 5.18. The quantitative estimate of drug-likeness (QED) is 0.796. The van der Waals surface area contributed by atoms with Crippen LogP contribution < -0.4 is 0 Å². The number of benzene rings is 1. The van der Waals surface area contributed by atoms with Crippen molar-refractivity contribution in [3.8, 4) is 0 Å². The minimum Gasteiger partial charge on any atom is -0.300 e. The maximum Gasteiger partial charge on any atom is 0.243 e. The number of aryl methyl sites for hydroxylation is 2. The molecule has 1 aliphatic heterocycles. The highest BCUT2D eigenvalue weighted by molar-refractivity contribution is 7.89. The molecular weight excluding hydrogens is 296 g/mol. The number of hydrogen-bond donors (Lipinski definition) is 0. The summed E-state index contributed by atoms with van der Waals surface area (Å²) < 4.78 is 26.8. The van der Waals surface area contributed by atoms with Crippen LogP contribution >= 0.6 is 11.6 Å². The zero-order valence-electron chi connectivity index (χ0n) is 12.0. The van der Waals surface area contributed by atoms with Crippen LogP contribution in [-0.2, 0) is 10.0 Å². The summed E-state index contributed by atoms with van der Waals surface area (Å²) in [5.74, 6) is 0.587. The minimum atomic E-state index is -3.37. The van der Waals surface area contributed by atoms with Crippen molar-refractivity contribution in [2.45, 2.75) is 18.7 Å². The summed E-state index contributed by atoms with van der Waals surface area (Å²) in [6.07, 6.45) is 0. The summed E-state index contributed by atoms with van der Waals surface area (Å²) in [6.45, 7) is 7.30. The first-order chi connectivity index (χ1) is 9.45. The molecule has 0 aliphatic carbocycles. The highest BCUT2D eigenvalue weighted by Crippen LogP contribution is 2.20. The summed E-state index contributed by atoms with van der Waals surface area (Å²) in [5, 5.41) is 0. The van der Waals surface area contributed by atoms with E-state index in [4.69, 9.17) is 11.6 Å². The lowest BCUT2D eigenvalue weighted by molar-refractivity contribution is 0.197. The Morgan fingerprint density at radius 3 is 2.30 bits per heavy atom. The third-order valence-corrected chi connectivity index (χ3v) is 5.91. The van der Waals surface area contributed by atoms with Crippen LogP contribution in [0.25, 0.3) is 0 Å². The number of halogens is 1. The highest BCUT2D eigenvalue weighted by Gasteiger charge is 2.28. The van der Waals surface area contributed by atoms with E-state index in [1.54, 1.807) is 16.4 Å². The molecule has 0 aromatic heterocycles. The maximum absolute atomic E-state index is 12.6. The van der Waals surface area contributed by atoms with E-state index in [0.29, 0.717) is 23.9 Å². The number of piperazine rings is 1. The standard InChI is InChI=1S/C14H21ClN2O2S/c1-12-3-4-14(11-13(12)2)20(18,19)17-9-7-16(6-5-15)8-10-17/h3-4,11H,5-10H2,1-2H3. The van der Waals surface area contributed by atoms with Gasteiger partial charge in [-0.25, -0.2) is 8.42 Å². The Balaban J connectivity index is 2.13. The van der Waals surface area contributed by atoms with Crippen LogP contribution in [0.2, 0.25) is 0 Å². The number of sulfonamides is 1. The summed E-state index contributed by atoms with van der Waals surface area (Å²) in [5.41, 5.74) is 2.11. The number of rotatable bonds is 4. The average molecular weight is 317 g/mol. The first-order valence-corrected chi connectivity index (χ1v) is 8.78. The molecule has 20 heavy (non-hydrogen) atoms. The highest BCUT2D eigenvalue weighted by atomic mass is 35.5. The Morgan fingerprint density at radius 2 is 1.75 bits per heavy atom. The lowest BCUT2D eigenvalue weighted by Gasteiger charge is -2.33. The molecule has 4 nitrogen and oxygen atoms in total. The second-order valence-corrected chi connectivity index (χ2v) is 7.50. The van der Waals surface area contributed by atoms with E-state index in [9.17, 15) is 8.42 Å². The first-order valence-electron chi connectivity index (χ1n) is 6.81. The molecular formula is C14H21ClN2O2S. The fourth-order valence-corrected chi connectivity index (χ4v) is 4.08. The SMILES string of the molecule is Cc1ccc(S(=O)(=O)N2CCN(CCCl)CC2)cc1C. The molecule has 0 unspecified atom stereocenters. The van der Waals surface area contributed by atoms with Crippen LogP contribution in [-0.4, -0.2) is 56.2 Å². The van der Waals surface area contributed by atoms with Gasteiger partial charge in [0.1, 0.15) is 0 Å². The van der Waals surface area contributed by atoms with Crippen molar-refractivity contribution in [2.75, 3.05) is 38.6 Å². The molecule has 1 aromatic rings. The molecule has 1 heterocycles. The van der Waals surface area contributed by atoms with E-state index in [1.807, 2.05) is 19.9 Å². The first kappa shape index (κ1) is 15.8. The molecule has 0 atom stereocenters. The van der Waals surface area contributed by atoms with Gasteiger partial charge < -0.3 is 0 Å². The normalized spacial score (nSPS) is 18.4. The van der Waals surface area contributed by atoms with E-state index in [1.165, 1.54) is 0 Å². The molecule has 2 rings (SSSR count). The van der Waals surface area contributed by atoms with Gasteiger partial charge in [0, 0.05) is 38.6 Å². The molecule has 6 heteroatoms. The van der Waals surface area contributed by atoms with Crippen molar-refractivity contribution in [1.82, 2.24) is 9.21 Å². The van der Waals surface area contributed by atoms with Crippen LogP contribution in [0.5, 0.6) is 0 Å². The Bertz CT molecular complexity index is 567. The molecule has 0 radical (unpaired) electrons.